The average molecular weight is 431 g/mol. The molecule has 0 unspecified atom stereocenters. The third-order valence-electron chi connectivity index (χ3n) is 6.15. The highest BCUT2D eigenvalue weighted by molar-refractivity contribution is 7.89. The number of benzene rings is 2. The van der Waals surface area contributed by atoms with Crippen LogP contribution in [0.1, 0.15) is 42.0 Å². The highest BCUT2D eigenvalue weighted by Gasteiger charge is 2.30. The molecule has 0 radical (unpaired) electrons. The van der Waals surface area contributed by atoms with Crippen molar-refractivity contribution in [2.75, 3.05) is 13.7 Å². The Balaban J connectivity index is 1.61. The molecule has 3 N–H and O–H groups in total. The van der Waals surface area contributed by atoms with Crippen LogP contribution in [0.15, 0.2) is 35.2 Å². The summed E-state index contributed by atoms with van der Waals surface area (Å²) >= 11 is 0. The molecule has 6 nitrogen and oxygen atoms in total. The molecule has 162 valence electrons. The molecule has 0 bridgehead atoms. The molecule has 0 saturated carbocycles. The molecule has 4 rings (SSSR count). The van der Waals surface area contributed by atoms with Crippen molar-refractivity contribution >= 4 is 10.0 Å². The van der Waals surface area contributed by atoms with Crippen LogP contribution >= 0.6 is 0 Å². The lowest BCUT2D eigenvalue weighted by molar-refractivity contribution is 0.332. The van der Waals surface area contributed by atoms with Crippen molar-refractivity contribution in [3.05, 3.63) is 52.6 Å². The summed E-state index contributed by atoms with van der Waals surface area (Å²) in [4.78, 5) is 0.356. The molecule has 0 aliphatic heterocycles. The molecular weight excluding hydrogens is 400 g/mol. The summed E-state index contributed by atoms with van der Waals surface area (Å²) in [7, 11) is -2.05. The van der Waals surface area contributed by atoms with E-state index in [1.54, 1.807) is 19.2 Å². The average Bonchev–Trinajstić information content (AvgIpc) is 2.73. The zero-order valence-corrected chi connectivity index (χ0v) is 18.4. The first-order valence-electron chi connectivity index (χ1n) is 10.6. The Kier molecular flexibility index (Phi) is 6.04. The number of nitrogens with one attached hydrogen (secondary N) is 1. The molecule has 0 heterocycles. The van der Waals surface area contributed by atoms with Crippen molar-refractivity contribution < 1.29 is 17.9 Å². The van der Waals surface area contributed by atoms with Gasteiger partial charge in [-0.25, -0.2) is 13.1 Å². The summed E-state index contributed by atoms with van der Waals surface area (Å²) in [5, 5.41) is 0. The van der Waals surface area contributed by atoms with E-state index in [2.05, 4.69) is 10.8 Å². The van der Waals surface area contributed by atoms with Gasteiger partial charge in [0.1, 0.15) is 11.5 Å². The van der Waals surface area contributed by atoms with Gasteiger partial charge in [0.2, 0.25) is 10.0 Å². The fourth-order valence-electron chi connectivity index (χ4n) is 4.71. The van der Waals surface area contributed by atoms with E-state index in [0.717, 1.165) is 41.7 Å². The van der Waals surface area contributed by atoms with Crippen molar-refractivity contribution in [1.82, 2.24) is 4.72 Å². The molecule has 2 atom stereocenters. The summed E-state index contributed by atoms with van der Waals surface area (Å²) in [6.45, 7) is 2.55. The van der Waals surface area contributed by atoms with E-state index in [4.69, 9.17) is 15.2 Å². The molecule has 0 spiro atoms. The van der Waals surface area contributed by atoms with Gasteiger partial charge in [0.25, 0.3) is 0 Å². The molecule has 0 amide bonds. The first kappa shape index (κ1) is 21.2. The summed E-state index contributed by atoms with van der Waals surface area (Å²) in [5.41, 5.74) is 10.3. The second-order valence-electron chi connectivity index (χ2n) is 8.11. The van der Waals surface area contributed by atoms with Gasteiger partial charge in [-0.15, -0.1) is 0 Å². The molecule has 2 aliphatic rings. The van der Waals surface area contributed by atoms with Gasteiger partial charge in [0, 0.05) is 17.6 Å². The Hall–Kier alpha value is -2.09. The second-order valence-corrected chi connectivity index (χ2v) is 9.80. The number of aryl methyl sites for hydroxylation is 1. The number of hydrogen-bond donors (Lipinski definition) is 2. The maximum atomic E-state index is 13.4. The number of ether oxygens (including phenoxy) is 2. The third kappa shape index (κ3) is 4.06. The van der Waals surface area contributed by atoms with Crippen LogP contribution in [-0.4, -0.2) is 34.2 Å². The van der Waals surface area contributed by atoms with Gasteiger partial charge in [-0.3, -0.25) is 0 Å². The number of sulfonamides is 1. The minimum Gasteiger partial charge on any atom is -0.496 e. The van der Waals surface area contributed by atoms with E-state index in [1.807, 2.05) is 19.1 Å². The molecule has 2 aromatic carbocycles. The Morgan fingerprint density at radius 3 is 2.63 bits per heavy atom. The smallest absolute Gasteiger partial charge is 0.241 e. The highest BCUT2D eigenvalue weighted by Crippen LogP contribution is 2.35. The van der Waals surface area contributed by atoms with Gasteiger partial charge in [0.15, 0.2) is 0 Å². The summed E-state index contributed by atoms with van der Waals surface area (Å²) in [5.74, 6) is 1.57. The van der Waals surface area contributed by atoms with E-state index in [-0.39, 0.29) is 12.1 Å². The molecule has 0 aromatic heterocycles. The summed E-state index contributed by atoms with van der Waals surface area (Å²) in [6, 6.07) is 9.35. The molecule has 0 saturated heterocycles. The van der Waals surface area contributed by atoms with E-state index < -0.39 is 10.0 Å². The second kappa shape index (κ2) is 8.57. The fourth-order valence-corrected chi connectivity index (χ4v) is 6.28. The van der Waals surface area contributed by atoms with Crippen LogP contribution in [0, 0.1) is 0 Å². The minimum atomic E-state index is -3.66. The van der Waals surface area contributed by atoms with E-state index in [9.17, 15) is 8.42 Å². The van der Waals surface area contributed by atoms with Gasteiger partial charge < -0.3 is 15.2 Å². The van der Waals surface area contributed by atoms with E-state index in [1.165, 1.54) is 5.56 Å². The van der Waals surface area contributed by atoms with Gasteiger partial charge in [-0.2, -0.15) is 0 Å². The SMILES string of the molecule is CCOc1cccc2c1C[C@@H](NS(=O)(=O)c1ccc(OC)c3c1CC[C@H](N)C3)CC2. The quantitative estimate of drug-likeness (QED) is 0.735. The molecule has 2 aromatic rings. The first-order chi connectivity index (χ1) is 14.4. The normalized spacial score (nSPS) is 20.9. The number of hydrogen-bond acceptors (Lipinski definition) is 5. The molecular formula is C23H30N2O4S. The summed E-state index contributed by atoms with van der Waals surface area (Å²) < 4.78 is 40.9. The first-order valence-corrected chi connectivity index (χ1v) is 12.1. The summed E-state index contributed by atoms with van der Waals surface area (Å²) in [6.07, 6.45) is 4.29. The van der Waals surface area contributed by atoms with Gasteiger partial charge in [-0.05, 0) is 80.3 Å². The Labute approximate surface area is 178 Å². The Bertz CT molecular complexity index is 1040. The number of rotatable bonds is 6. The van der Waals surface area contributed by atoms with Crippen LogP contribution in [-0.2, 0) is 35.7 Å². The molecule has 30 heavy (non-hydrogen) atoms. The van der Waals surface area contributed by atoms with Crippen LogP contribution in [0.25, 0.3) is 0 Å². The van der Waals surface area contributed by atoms with Crippen molar-refractivity contribution in [2.24, 2.45) is 5.73 Å². The fraction of sp³-hybridized carbons (Fsp3) is 0.478. The van der Waals surface area contributed by atoms with Crippen molar-refractivity contribution in [1.29, 1.82) is 0 Å². The molecule has 7 heteroatoms. The minimum absolute atomic E-state index is 0.0316. The zero-order chi connectivity index (χ0) is 21.3. The monoisotopic (exact) mass is 430 g/mol. The van der Waals surface area contributed by atoms with Crippen LogP contribution in [0.2, 0.25) is 0 Å². The van der Waals surface area contributed by atoms with Crippen LogP contribution < -0.4 is 19.9 Å². The zero-order valence-electron chi connectivity index (χ0n) is 17.6. The number of methoxy groups -OCH3 is 1. The predicted octanol–water partition coefficient (Wildman–Crippen LogP) is 2.75. The van der Waals surface area contributed by atoms with Gasteiger partial charge in [-0.1, -0.05) is 12.1 Å². The lowest BCUT2D eigenvalue weighted by Crippen LogP contribution is -2.39. The standard InChI is InChI=1S/C23H30N2O4S/c1-3-29-22-6-4-5-15-7-9-17(14-19(15)22)25-30(26,27)23-12-11-21(28-2)20-13-16(24)8-10-18(20)23/h4-6,11-12,16-17,25H,3,7-10,13-14,24H2,1-2H3/t16-,17-/m0/s1. The van der Waals surface area contributed by atoms with E-state index >= 15 is 0 Å². The Morgan fingerprint density at radius 1 is 1.03 bits per heavy atom. The highest BCUT2D eigenvalue weighted by atomic mass is 32.2. The van der Waals surface area contributed by atoms with Crippen molar-refractivity contribution in [2.45, 2.75) is 62.4 Å². The van der Waals surface area contributed by atoms with Crippen LogP contribution in [0.3, 0.4) is 0 Å². The van der Waals surface area contributed by atoms with Gasteiger partial charge >= 0.3 is 0 Å². The Morgan fingerprint density at radius 2 is 1.87 bits per heavy atom. The number of nitrogens with two attached hydrogens (primary N) is 1. The number of fused-ring (bicyclic) bond motifs is 2. The van der Waals surface area contributed by atoms with Gasteiger partial charge in [0.05, 0.1) is 18.6 Å². The topological polar surface area (TPSA) is 90.6 Å². The lowest BCUT2D eigenvalue weighted by Gasteiger charge is -2.29. The van der Waals surface area contributed by atoms with Crippen LogP contribution in [0.4, 0.5) is 0 Å². The maximum Gasteiger partial charge on any atom is 0.241 e. The predicted molar refractivity (Wildman–Crippen MR) is 117 cm³/mol. The molecule has 2 aliphatic carbocycles. The largest absolute Gasteiger partial charge is 0.496 e. The van der Waals surface area contributed by atoms with Crippen LogP contribution in [0.5, 0.6) is 11.5 Å². The van der Waals surface area contributed by atoms with Crippen molar-refractivity contribution in [3.8, 4) is 11.5 Å². The molecule has 0 fully saturated rings. The lowest BCUT2D eigenvalue weighted by atomic mass is 9.88. The van der Waals surface area contributed by atoms with E-state index in [0.29, 0.717) is 36.5 Å². The maximum absolute atomic E-state index is 13.4. The van der Waals surface area contributed by atoms with Crippen molar-refractivity contribution in [3.63, 3.8) is 0 Å². The third-order valence-corrected chi connectivity index (χ3v) is 7.76.